The zero-order valence-electron chi connectivity index (χ0n) is 29.6. The van der Waals surface area contributed by atoms with Gasteiger partial charge in [0.1, 0.15) is 16.7 Å². The molecule has 0 unspecified atom stereocenters. The summed E-state index contributed by atoms with van der Waals surface area (Å²) in [6.45, 7) is -4.31. The Bertz CT molecular complexity index is 2680. The minimum Gasteiger partial charge on any atom is -0.500 e. The monoisotopic (exact) mass is 765 g/mol. The van der Waals surface area contributed by atoms with Crippen LogP contribution in [0.15, 0.2) is 130 Å². The Balaban J connectivity index is 0.000000202. The molecular formula is C40H26IrN2O2-2. The van der Waals surface area contributed by atoms with E-state index in [0.29, 0.717) is 16.8 Å². The van der Waals surface area contributed by atoms with Crippen molar-refractivity contribution in [3.63, 3.8) is 0 Å². The average molecular weight is 765 g/mol. The van der Waals surface area contributed by atoms with E-state index in [1.54, 1.807) is 24.3 Å². The van der Waals surface area contributed by atoms with Gasteiger partial charge in [0.05, 0.1) is 5.58 Å². The molecule has 5 heteroatoms. The first-order valence-corrected chi connectivity index (χ1v) is 14.1. The summed E-state index contributed by atoms with van der Waals surface area (Å²) in [5, 5.41) is 5.99. The molecule has 0 aliphatic rings. The third-order valence-electron chi connectivity index (χ3n) is 7.70. The first-order chi connectivity index (χ1) is 24.1. The van der Waals surface area contributed by atoms with Crippen molar-refractivity contribution >= 4 is 54.6 Å². The molecule has 4 nitrogen and oxygen atoms in total. The van der Waals surface area contributed by atoms with Crippen molar-refractivity contribution in [3.05, 3.63) is 145 Å². The fraction of sp³-hybridized carbons (Fsp3) is 0.0500. The van der Waals surface area contributed by atoms with Crippen LogP contribution in [0.2, 0.25) is 0 Å². The second-order valence-electron chi connectivity index (χ2n) is 10.4. The Morgan fingerprint density at radius 3 is 2.04 bits per heavy atom. The summed E-state index contributed by atoms with van der Waals surface area (Å²) < 4.78 is 57.6. The number of rotatable bonds is 2. The van der Waals surface area contributed by atoms with Crippen molar-refractivity contribution in [2.24, 2.45) is 0 Å². The van der Waals surface area contributed by atoms with Gasteiger partial charge < -0.3 is 18.8 Å². The van der Waals surface area contributed by atoms with Gasteiger partial charge >= 0.3 is 0 Å². The maximum atomic E-state index is 7.74. The van der Waals surface area contributed by atoms with Gasteiger partial charge in [-0.3, -0.25) is 0 Å². The number of hydrogen-bond donors (Lipinski definition) is 0. The van der Waals surface area contributed by atoms with Gasteiger partial charge in [0.25, 0.3) is 0 Å². The van der Waals surface area contributed by atoms with Crippen LogP contribution in [0.25, 0.3) is 77.2 Å². The van der Waals surface area contributed by atoms with Crippen LogP contribution in [-0.2, 0) is 20.1 Å². The third kappa shape index (κ3) is 5.10. The predicted molar refractivity (Wildman–Crippen MR) is 179 cm³/mol. The Labute approximate surface area is 282 Å². The molecule has 9 rings (SSSR count). The minimum atomic E-state index is -2.21. The van der Waals surface area contributed by atoms with Gasteiger partial charge in [0, 0.05) is 67.7 Å². The molecule has 0 saturated carbocycles. The fourth-order valence-electron chi connectivity index (χ4n) is 5.65. The van der Waals surface area contributed by atoms with Crippen LogP contribution in [0, 0.1) is 25.8 Å². The van der Waals surface area contributed by atoms with Crippen LogP contribution >= 0.6 is 0 Å². The van der Waals surface area contributed by atoms with Crippen molar-refractivity contribution in [3.8, 4) is 22.5 Å². The number of aromatic nitrogens is 2. The molecule has 0 saturated heterocycles. The van der Waals surface area contributed by atoms with E-state index >= 15 is 0 Å². The predicted octanol–water partition coefficient (Wildman–Crippen LogP) is 10.7. The van der Waals surface area contributed by atoms with Gasteiger partial charge in [-0.2, -0.15) is 0 Å². The molecule has 9 aromatic rings. The number of hydrogen-bond acceptors (Lipinski definition) is 4. The van der Waals surface area contributed by atoms with Crippen LogP contribution in [0.3, 0.4) is 0 Å². The van der Waals surface area contributed by atoms with Crippen LogP contribution in [0.4, 0.5) is 0 Å². The second kappa shape index (κ2) is 11.8. The third-order valence-corrected chi connectivity index (χ3v) is 7.70. The quantitative estimate of drug-likeness (QED) is 0.165. The molecule has 0 N–H and O–H groups in total. The number of fused-ring (bicyclic) bond motifs is 9. The molecule has 0 fully saturated rings. The second-order valence-corrected chi connectivity index (χ2v) is 10.4. The van der Waals surface area contributed by atoms with Crippen molar-refractivity contribution in [1.29, 1.82) is 0 Å². The molecule has 4 heterocycles. The number of aryl methyl sites for hydroxylation is 2. The first-order valence-electron chi connectivity index (χ1n) is 17.1. The first kappa shape index (κ1) is 22.4. The maximum Gasteiger partial charge on any atom is 0.143 e. The Kier molecular flexibility index (Phi) is 5.87. The van der Waals surface area contributed by atoms with Gasteiger partial charge in [-0.15, -0.1) is 54.1 Å². The summed E-state index contributed by atoms with van der Waals surface area (Å²) in [5.74, 6) is 0. The van der Waals surface area contributed by atoms with E-state index in [9.17, 15) is 0 Å². The van der Waals surface area contributed by atoms with Crippen LogP contribution in [-0.4, -0.2) is 9.97 Å². The normalized spacial score (nSPS) is 13.7. The van der Waals surface area contributed by atoms with E-state index in [-0.39, 0.29) is 31.2 Å². The van der Waals surface area contributed by atoms with E-state index in [1.165, 1.54) is 18.5 Å². The molecule has 0 spiro atoms. The molecule has 5 aromatic carbocycles. The van der Waals surface area contributed by atoms with Gasteiger partial charge in [-0.25, -0.2) is 0 Å². The molecule has 0 aliphatic carbocycles. The standard InChI is InChI=1S/C28H16NO2.C12H10N.Ir/c1-16-13-14-29-24(15-16)23-7-4-6-18-20-11-12-21-22(27(20)31-28(18)23)10-9-19-17-5-2-3-8-25(17)30-26(19)21;1-10-7-8-12(13-9-10)11-5-3-2-4-6-11;/h2-6,8-15H,1H3;2-5,7-9H,1H3;/q2*-1;/i2*1D3;. The van der Waals surface area contributed by atoms with Crippen molar-refractivity contribution in [1.82, 2.24) is 9.97 Å². The molecule has 0 atom stereocenters. The summed E-state index contributed by atoms with van der Waals surface area (Å²) in [7, 11) is 0. The van der Waals surface area contributed by atoms with E-state index in [0.717, 1.165) is 60.3 Å². The maximum absolute atomic E-state index is 7.74. The SMILES string of the molecule is [2H]C([2H])([2H])c1ccc(-c2[c-]cccc2)nc1.[2H]C([2H])([2H])c1ccnc(-c2[c-]ccc3c2oc2c3ccc3c2ccc2c4ccccc4oc23)c1.[Ir]. The molecule has 0 amide bonds. The molecule has 219 valence electrons. The van der Waals surface area contributed by atoms with Gasteiger partial charge in [0.15, 0.2) is 0 Å². The van der Waals surface area contributed by atoms with Crippen molar-refractivity contribution in [2.75, 3.05) is 0 Å². The van der Waals surface area contributed by atoms with Crippen LogP contribution in [0.5, 0.6) is 0 Å². The van der Waals surface area contributed by atoms with Crippen molar-refractivity contribution in [2.45, 2.75) is 13.7 Å². The Morgan fingerprint density at radius 1 is 0.578 bits per heavy atom. The summed E-state index contributed by atoms with van der Waals surface area (Å²) in [5.41, 5.74) is 6.30. The van der Waals surface area contributed by atoms with Gasteiger partial charge in [-0.05, 0) is 61.0 Å². The Morgan fingerprint density at radius 2 is 1.31 bits per heavy atom. The van der Waals surface area contributed by atoms with Gasteiger partial charge in [-0.1, -0.05) is 59.0 Å². The Hall–Kier alpha value is -5.09. The molecule has 45 heavy (non-hydrogen) atoms. The van der Waals surface area contributed by atoms with Gasteiger partial charge in [0.2, 0.25) is 0 Å². The summed E-state index contributed by atoms with van der Waals surface area (Å²) in [4.78, 5) is 8.54. The smallest absolute Gasteiger partial charge is 0.143 e. The number of para-hydroxylation sites is 1. The van der Waals surface area contributed by atoms with E-state index in [4.69, 9.17) is 17.1 Å². The number of benzene rings is 5. The molecule has 0 bridgehead atoms. The largest absolute Gasteiger partial charge is 0.500 e. The number of pyridine rings is 2. The summed E-state index contributed by atoms with van der Waals surface area (Å²) in [6.07, 6.45) is 2.91. The fourth-order valence-corrected chi connectivity index (χ4v) is 5.65. The van der Waals surface area contributed by atoms with Crippen LogP contribution in [0.1, 0.15) is 19.4 Å². The summed E-state index contributed by atoms with van der Waals surface area (Å²) >= 11 is 0. The zero-order valence-corrected chi connectivity index (χ0v) is 26.0. The molecule has 1 radical (unpaired) electrons. The molecule has 4 aromatic heterocycles. The molecular weight excluding hydrogens is 733 g/mol. The van der Waals surface area contributed by atoms with Crippen LogP contribution < -0.4 is 0 Å². The van der Waals surface area contributed by atoms with E-state index < -0.39 is 13.7 Å². The number of furan rings is 2. The number of nitrogens with zero attached hydrogens (tertiary/aromatic N) is 2. The minimum absolute atomic E-state index is 0. The van der Waals surface area contributed by atoms with Crippen molar-refractivity contribution < 1.29 is 37.2 Å². The summed E-state index contributed by atoms with van der Waals surface area (Å²) in [6, 6.07) is 40.2. The topological polar surface area (TPSA) is 52.1 Å². The molecule has 0 aliphatic heterocycles. The van der Waals surface area contributed by atoms with E-state index in [2.05, 4.69) is 46.4 Å². The van der Waals surface area contributed by atoms with E-state index in [1.807, 2.05) is 54.6 Å². The zero-order chi connectivity index (χ0) is 34.6. The average Bonchev–Trinajstić information content (AvgIpc) is 3.71.